The smallest absolute Gasteiger partial charge is 0.360 e. The van der Waals surface area contributed by atoms with Gasteiger partial charge in [0.2, 0.25) is 5.69 Å². The van der Waals surface area contributed by atoms with E-state index in [4.69, 9.17) is 13.6 Å². The van der Waals surface area contributed by atoms with E-state index in [1.807, 2.05) is 13.8 Å². The molecule has 0 amide bonds. The molecule has 0 radical (unpaired) electrons. The Bertz CT molecular complexity index is 968. The van der Waals surface area contributed by atoms with E-state index in [1.165, 1.54) is 4.57 Å². The van der Waals surface area contributed by atoms with Crippen LogP contribution in [0.1, 0.15) is 21.6 Å². The van der Waals surface area contributed by atoms with Crippen molar-refractivity contribution in [1.82, 2.24) is 9.55 Å². The first-order chi connectivity index (χ1) is 13.8. The van der Waals surface area contributed by atoms with E-state index in [0.717, 1.165) is 11.1 Å². The van der Waals surface area contributed by atoms with Gasteiger partial charge in [0.25, 0.3) is 5.56 Å². The second kappa shape index (κ2) is 10.9. The summed E-state index contributed by atoms with van der Waals surface area (Å²) in [5, 5.41) is 9.41. The molecule has 0 aliphatic carbocycles. The molecule has 2 rings (SSSR count). The monoisotopic (exact) mass is 478 g/mol. The number of carbonyl (C=O) groups is 1. The van der Waals surface area contributed by atoms with E-state index >= 15 is 0 Å². The predicted molar refractivity (Wildman–Crippen MR) is 119 cm³/mol. The molecule has 13 heteroatoms. The predicted octanol–water partition coefficient (Wildman–Crippen LogP) is 2.53. The number of carboxylic acids is 1. The van der Waals surface area contributed by atoms with E-state index in [1.54, 1.807) is 12.1 Å². The number of carboxylic acid groups (broad SMARTS) is 1. The molecule has 0 spiro atoms. The molecule has 158 valence electrons. The molecule has 1 heterocycles. The second-order valence-electron chi connectivity index (χ2n) is 6.38. The van der Waals surface area contributed by atoms with Crippen molar-refractivity contribution in [3.05, 3.63) is 39.3 Å². The third-order valence-electron chi connectivity index (χ3n) is 4.62. The van der Waals surface area contributed by atoms with Crippen molar-refractivity contribution in [3.8, 4) is 0 Å². The minimum Gasteiger partial charge on any atom is -0.476 e. The number of benzene rings is 1. The minimum absolute atomic E-state index is 0.0641. The zero-order valence-corrected chi connectivity index (χ0v) is 20.1. The van der Waals surface area contributed by atoms with Gasteiger partial charge in [0.05, 0.1) is 35.9 Å². The molecule has 3 unspecified atom stereocenters. The molecular weight excluding hydrogens is 456 g/mol. The molecule has 0 aliphatic rings. The maximum absolute atomic E-state index is 12.9. The first-order valence-electron chi connectivity index (χ1n) is 8.39. The van der Waals surface area contributed by atoms with Gasteiger partial charge in [-0.3, -0.25) is 9.36 Å². The average Bonchev–Trinajstić information content (AvgIpc) is 2.69. The van der Waals surface area contributed by atoms with Crippen LogP contribution in [0, 0.1) is 13.8 Å². The Morgan fingerprint density at radius 3 is 2.34 bits per heavy atom. The van der Waals surface area contributed by atoms with Crippen LogP contribution in [0.25, 0.3) is 11.0 Å². The fourth-order valence-corrected chi connectivity index (χ4v) is 4.47. The zero-order valence-electron chi connectivity index (χ0n) is 15.8. The Kier molecular flexibility index (Phi) is 9.18. The number of hydrogen-bond donors (Lipinski definition) is 1. The maximum Gasteiger partial charge on any atom is 0.360 e. The molecule has 0 aliphatic heterocycles. The highest BCUT2D eigenvalue weighted by molar-refractivity contribution is 7.25. The summed E-state index contributed by atoms with van der Waals surface area (Å²) in [7, 11) is 5.99. The van der Waals surface area contributed by atoms with Crippen molar-refractivity contribution < 1.29 is 28.0 Å². The van der Waals surface area contributed by atoms with Crippen LogP contribution in [0.15, 0.2) is 16.9 Å². The average molecular weight is 478 g/mol. The molecule has 2 aromatic rings. The van der Waals surface area contributed by atoms with Gasteiger partial charge in [-0.2, -0.15) is 0 Å². The van der Waals surface area contributed by atoms with Crippen LogP contribution in [0.3, 0.4) is 0 Å². The van der Waals surface area contributed by atoms with Crippen molar-refractivity contribution in [2.75, 3.05) is 6.61 Å². The summed E-state index contributed by atoms with van der Waals surface area (Å²) in [5.41, 5.74) is 0.604. The first kappa shape index (κ1) is 24.4. The van der Waals surface area contributed by atoms with E-state index in [0.29, 0.717) is 11.0 Å². The van der Waals surface area contributed by atoms with E-state index in [9.17, 15) is 19.3 Å². The van der Waals surface area contributed by atoms with Crippen molar-refractivity contribution in [3.63, 3.8) is 0 Å². The van der Waals surface area contributed by atoms with Crippen LogP contribution in [0.2, 0.25) is 0 Å². The molecule has 29 heavy (non-hydrogen) atoms. The lowest BCUT2D eigenvalue weighted by Gasteiger charge is -2.27. The number of aromatic nitrogens is 2. The van der Waals surface area contributed by atoms with Gasteiger partial charge >= 0.3 is 5.97 Å². The molecule has 1 aromatic heterocycles. The van der Waals surface area contributed by atoms with E-state index < -0.39 is 35.1 Å². The van der Waals surface area contributed by atoms with E-state index in [-0.39, 0.29) is 21.6 Å². The van der Waals surface area contributed by atoms with Gasteiger partial charge < -0.3 is 23.2 Å². The lowest BCUT2D eigenvalue weighted by atomic mass is 10.1. The van der Waals surface area contributed by atoms with Crippen LogP contribution in [0.5, 0.6) is 0 Å². The summed E-state index contributed by atoms with van der Waals surface area (Å²) in [4.78, 5) is 28.4. The molecule has 0 fully saturated rings. The Balaban J connectivity index is 2.64. The van der Waals surface area contributed by atoms with Gasteiger partial charge in [0.15, 0.2) is 8.46 Å². The zero-order chi connectivity index (χ0) is 21.7. The Labute approximate surface area is 176 Å². The van der Waals surface area contributed by atoms with E-state index in [2.05, 4.69) is 33.4 Å². The highest BCUT2D eigenvalue weighted by atomic mass is 31.1. The SMILES string of the molecule is Cc1cc2nc(C(=O)O)c(=O)n(C[C@H](OP)[C@H](P=O)[C@@H](COP)OP)c2cc1C. The van der Waals surface area contributed by atoms with Crippen LogP contribution >= 0.6 is 36.9 Å². The fourth-order valence-electron chi connectivity index (χ4n) is 2.92. The van der Waals surface area contributed by atoms with Gasteiger partial charge in [-0.05, 0) is 37.1 Å². The summed E-state index contributed by atoms with van der Waals surface area (Å²) in [6.45, 7) is 3.80. The first-order valence-corrected chi connectivity index (χ1v) is 10.7. The van der Waals surface area contributed by atoms with Gasteiger partial charge in [-0.1, -0.05) is 0 Å². The lowest BCUT2D eigenvalue weighted by molar-refractivity contribution is 0.0686. The molecule has 0 saturated carbocycles. The van der Waals surface area contributed by atoms with Gasteiger partial charge in [-0.15, -0.1) is 0 Å². The third-order valence-corrected chi connectivity index (χ3v) is 6.42. The Morgan fingerprint density at radius 2 is 1.83 bits per heavy atom. The summed E-state index contributed by atoms with van der Waals surface area (Å²) < 4.78 is 28.8. The lowest BCUT2D eigenvalue weighted by Crippen LogP contribution is -2.41. The summed E-state index contributed by atoms with van der Waals surface area (Å²) in [5.74, 6) is -1.42. The largest absolute Gasteiger partial charge is 0.476 e. The van der Waals surface area contributed by atoms with Crippen molar-refractivity contribution in [1.29, 1.82) is 0 Å². The van der Waals surface area contributed by atoms with Gasteiger partial charge in [-0.25, -0.2) is 9.78 Å². The summed E-state index contributed by atoms with van der Waals surface area (Å²) in [6.07, 6.45) is -1.38. The van der Waals surface area contributed by atoms with Crippen molar-refractivity contribution in [2.45, 2.75) is 38.3 Å². The Hall–Kier alpha value is -0.900. The number of rotatable bonds is 10. The molecule has 6 atom stereocenters. The van der Waals surface area contributed by atoms with Crippen molar-refractivity contribution in [2.24, 2.45) is 0 Å². The number of aromatic carboxylic acids is 1. The second-order valence-corrected chi connectivity index (χ2v) is 8.07. The van der Waals surface area contributed by atoms with Crippen LogP contribution in [-0.4, -0.2) is 45.1 Å². The number of nitrogens with zero attached hydrogens (tertiary/aromatic N) is 2. The van der Waals surface area contributed by atoms with Gasteiger partial charge in [0, 0.05) is 28.4 Å². The van der Waals surface area contributed by atoms with Gasteiger partial charge in [0.1, 0.15) is 6.10 Å². The standard InChI is InChI=1S/C16H22N2O7P4/c1-7-3-9-10(4-8(7)2)18(15(19)13(17-9)16(20)21)5-11(24-27)14(29-22)12(25-28)6-23-26/h3-4,11-12,14H,5-6,26-28H2,1-2H3,(H,20,21)/t11-,12+,14-/m0/s1. The van der Waals surface area contributed by atoms with Crippen LogP contribution in [0.4, 0.5) is 0 Å². The number of aryl methyl sites for hydroxylation is 2. The highest BCUT2D eigenvalue weighted by Gasteiger charge is 2.32. The summed E-state index contributed by atoms with van der Waals surface area (Å²) >= 11 is 0. The molecule has 9 nitrogen and oxygen atoms in total. The third kappa shape index (κ3) is 5.42. The molecule has 0 bridgehead atoms. The number of hydrogen-bond acceptors (Lipinski definition) is 7. The topological polar surface area (TPSA) is 117 Å². The van der Waals surface area contributed by atoms with Crippen LogP contribution < -0.4 is 5.56 Å². The normalized spacial score (nSPS) is 14.8. The van der Waals surface area contributed by atoms with Crippen molar-refractivity contribution >= 4 is 53.9 Å². The number of fused-ring (bicyclic) bond motifs is 1. The minimum atomic E-state index is -1.42. The molecule has 1 aromatic carbocycles. The molecule has 1 N–H and O–H groups in total. The highest BCUT2D eigenvalue weighted by Crippen LogP contribution is 2.27. The molecular formula is C16H22N2O7P4. The Morgan fingerprint density at radius 1 is 1.21 bits per heavy atom. The maximum atomic E-state index is 12.9. The van der Waals surface area contributed by atoms with Crippen LogP contribution in [-0.2, 0) is 24.7 Å². The fraction of sp³-hybridized carbons (Fsp3) is 0.438. The molecule has 0 saturated heterocycles. The summed E-state index contributed by atoms with van der Waals surface area (Å²) in [6, 6.07) is 3.49. The quantitative estimate of drug-likeness (QED) is 0.518.